The first kappa shape index (κ1) is 12.2. The van der Waals surface area contributed by atoms with Crippen molar-refractivity contribution in [2.75, 3.05) is 18.1 Å². The summed E-state index contributed by atoms with van der Waals surface area (Å²) >= 11 is 1.90. The molecule has 1 saturated heterocycles. The monoisotopic (exact) mass is 243 g/mol. The van der Waals surface area contributed by atoms with Gasteiger partial charge in [-0.25, -0.2) is 0 Å². The molecule has 0 bridgehead atoms. The molecule has 1 N–H and O–H groups in total. The fourth-order valence-electron chi connectivity index (χ4n) is 3.10. The molecule has 0 spiro atoms. The lowest BCUT2D eigenvalue weighted by Crippen LogP contribution is -2.50. The van der Waals surface area contributed by atoms with Crippen molar-refractivity contribution in [2.45, 2.75) is 44.7 Å². The van der Waals surface area contributed by atoms with Crippen LogP contribution < -0.4 is 0 Å². The molecule has 1 aliphatic carbocycles. The van der Waals surface area contributed by atoms with Gasteiger partial charge in [0.2, 0.25) is 0 Å². The maximum Gasteiger partial charge on any atom is 0.304 e. The molecule has 2 rings (SSSR count). The molecule has 1 heterocycles. The Bertz CT molecular complexity index is 259. The van der Waals surface area contributed by atoms with Crippen molar-refractivity contribution in [3.8, 4) is 0 Å². The third-order valence-electron chi connectivity index (χ3n) is 3.93. The quantitative estimate of drug-likeness (QED) is 0.824. The predicted molar refractivity (Wildman–Crippen MR) is 66.9 cm³/mol. The molecule has 0 amide bonds. The summed E-state index contributed by atoms with van der Waals surface area (Å²) in [6.45, 7) is 3.40. The Kier molecular flexibility index (Phi) is 4.14. The van der Waals surface area contributed by atoms with Crippen LogP contribution in [0.2, 0.25) is 0 Å². The van der Waals surface area contributed by atoms with Crippen molar-refractivity contribution in [2.24, 2.45) is 5.92 Å². The number of hydrogen-bond donors (Lipinski definition) is 1. The highest BCUT2D eigenvalue weighted by molar-refractivity contribution is 7.99. The van der Waals surface area contributed by atoms with Crippen molar-refractivity contribution in [1.29, 1.82) is 0 Å². The SMILES string of the molecule is CC1CCCC1N1CCSCC1CC(=O)O. The van der Waals surface area contributed by atoms with Crippen molar-refractivity contribution in [1.82, 2.24) is 4.90 Å². The van der Waals surface area contributed by atoms with E-state index in [2.05, 4.69) is 11.8 Å². The highest BCUT2D eigenvalue weighted by atomic mass is 32.2. The number of nitrogens with zero attached hydrogens (tertiary/aromatic N) is 1. The molecule has 0 aromatic carbocycles. The van der Waals surface area contributed by atoms with Gasteiger partial charge in [-0.1, -0.05) is 13.3 Å². The first-order valence-corrected chi connectivity index (χ1v) is 7.39. The summed E-state index contributed by atoms with van der Waals surface area (Å²) in [6.07, 6.45) is 4.21. The first-order valence-electron chi connectivity index (χ1n) is 6.23. The van der Waals surface area contributed by atoms with Crippen LogP contribution in [0.15, 0.2) is 0 Å². The zero-order valence-electron chi connectivity index (χ0n) is 9.89. The molecule has 3 atom stereocenters. The standard InChI is InChI=1S/C12H21NO2S/c1-9-3-2-4-11(9)13-5-6-16-8-10(13)7-12(14)15/h9-11H,2-8H2,1H3,(H,14,15). The minimum atomic E-state index is -0.650. The summed E-state index contributed by atoms with van der Waals surface area (Å²) in [6, 6.07) is 0.909. The fraction of sp³-hybridized carbons (Fsp3) is 0.917. The van der Waals surface area contributed by atoms with Crippen LogP contribution in [0.25, 0.3) is 0 Å². The maximum absolute atomic E-state index is 10.9. The third-order valence-corrected chi connectivity index (χ3v) is 5.02. The van der Waals surface area contributed by atoms with Gasteiger partial charge in [-0.3, -0.25) is 9.69 Å². The van der Waals surface area contributed by atoms with Gasteiger partial charge in [0, 0.05) is 30.1 Å². The number of thioether (sulfide) groups is 1. The predicted octanol–water partition coefficient (Wildman–Crippen LogP) is 2.07. The number of carboxylic acids is 1. The Morgan fingerprint density at radius 1 is 1.50 bits per heavy atom. The number of aliphatic carboxylic acids is 1. The molecule has 2 aliphatic rings. The number of hydrogen-bond acceptors (Lipinski definition) is 3. The summed E-state index contributed by atoms with van der Waals surface area (Å²) in [5, 5.41) is 8.96. The Morgan fingerprint density at radius 3 is 2.94 bits per heavy atom. The summed E-state index contributed by atoms with van der Waals surface area (Å²) < 4.78 is 0. The highest BCUT2D eigenvalue weighted by Crippen LogP contribution is 2.33. The third kappa shape index (κ3) is 2.72. The molecule has 0 aromatic rings. The van der Waals surface area contributed by atoms with Gasteiger partial charge in [-0.05, 0) is 18.8 Å². The lowest BCUT2D eigenvalue weighted by molar-refractivity contribution is -0.138. The smallest absolute Gasteiger partial charge is 0.304 e. The zero-order chi connectivity index (χ0) is 11.5. The van der Waals surface area contributed by atoms with Crippen molar-refractivity contribution >= 4 is 17.7 Å². The Morgan fingerprint density at radius 2 is 2.31 bits per heavy atom. The number of carboxylic acid groups (broad SMARTS) is 1. The summed E-state index contributed by atoms with van der Waals surface area (Å²) in [4.78, 5) is 13.4. The van der Waals surface area contributed by atoms with E-state index in [4.69, 9.17) is 5.11 Å². The molecule has 1 aliphatic heterocycles. The molecule has 3 nitrogen and oxygen atoms in total. The second-order valence-electron chi connectivity index (χ2n) is 5.04. The van der Waals surface area contributed by atoms with Crippen LogP contribution >= 0.6 is 11.8 Å². The van der Waals surface area contributed by atoms with E-state index >= 15 is 0 Å². The molecule has 4 heteroatoms. The fourth-order valence-corrected chi connectivity index (χ4v) is 4.19. The van der Waals surface area contributed by atoms with Crippen molar-refractivity contribution in [3.05, 3.63) is 0 Å². The zero-order valence-corrected chi connectivity index (χ0v) is 10.7. The van der Waals surface area contributed by atoms with Crippen LogP contribution in [-0.4, -0.2) is 46.1 Å². The van der Waals surface area contributed by atoms with E-state index in [1.807, 2.05) is 11.8 Å². The van der Waals surface area contributed by atoms with E-state index in [1.54, 1.807) is 0 Å². The molecule has 3 unspecified atom stereocenters. The van der Waals surface area contributed by atoms with E-state index in [0.717, 1.165) is 18.2 Å². The number of carbonyl (C=O) groups is 1. The van der Waals surface area contributed by atoms with Crippen LogP contribution in [0.5, 0.6) is 0 Å². The minimum Gasteiger partial charge on any atom is -0.481 e. The second kappa shape index (κ2) is 5.41. The van der Waals surface area contributed by atoms with Crippen LogP contribution in [0.3, 0.4) is 0 Å². The molecule has 2 fully saturated rings. The average molecular weight is 243 g/mol. The normalized spacial score (nSPS) is 36.4. The van der Waals surface area contributed by atoms with E-state index in [1.165, 1.54) is 25.0 Å². The molecule has 0 aromatic heterocycles. The van der Waals surface area contributed by atoms with Crippen LogP contribution in [0.1, 0.15) is 32.6 Å². The van der Waals surface area contributed by atoms with E-state index in [9.17, 15) is 4.79 Å². The van der Waals surface area contributed by atoms with Gasteiger partial charge in [-0.15, -0.1) is 0 Å². The van der Waals surface area contributed by atoms with Gasteiger partial charge in [0.1, 0.15) is 0 Å². The molecule has 16 heavy (non-hydrogen) atoms. The summed E-state index contributed by atoms with van der Waals surface area (Å²) in [7, 11) is 0. The van der Waals surface area contributed by atoms with Gasteiger partial charge in [0.15, 0.2) is 0 Å². The Labute approximate surface area is 102 Å². The Balaban J connectivity index is 2.00. The average Bonchev–Trinajstić information content (AvgIpc) is 2.64. The Hall–Kier alpha value is -0.220. The lowest BCUT2D eigenvalue weighted by atomic mass is 10.0. The van der Waals surface area contributed by atoms with Crippen LogP contribution in [0.4, 0.5) is 0 Å². The molecular weight excluding hydrogens is 222 g/mol. The van der Waals surface area contributed by atoms with Gasteiger partial charge in [-0.2, -0.15) is 11.8 Å². The van der Waals surface area contributed by atoms with Crippen molar-refractivity contribution in [3.63, 3.8) is 0 Å². The van der Waals surface area contributed by atoms with Gasteiger partial charge in [0.25, 0.3) is 0 Å². The maximum atomic E-state index is 10.9. The molecule has 0 radical (unpaired) electrons. The molecular formula is C12H21NO2S. The van der Waals surface area contributed by atoms with E-state index in [0.29, 0.717) is 12.5 Å². The first-order chi connectivity index (χ1) is 7.68. The topological polar surface area (TPSA) is 40.5 Å². The van der Waals surface area contributed by atoms with E-state index in [-0.39, 0.29) is 6.04 Å². The van der Waals surface area contributed by atoms with Gasteiger partial charge in [0.05, 0.1) is 6.42 Å². The van der Waals surface area contributed by atoms with Gasteiger partial charge < -0.3 is 5.11 Å². The number of rotatable bonds is 3. The summed E-state index contributed by atoms with van der Waals surface area (Å²) in [5.41, 5.74) is 0. The van der Waals surface area contributed by atoms with Crippen LogP contribution in [0, 0.1) is 5.92 Å². The largest absolute Gasteiger partial charge is 0.481 e. The second-order valence-corrected chi connectivity index (χ2v) is 6.19. The lowest BCUT2D eigenvalue weighted by Gasteiger charge is -2.40. The minimum absolute atomic E-state index is 0.266. The summed E-state index contributed by atoms with van der Waals surface area (Å²) in [5.74, 6) is 2.26. The molecule has 92 valence electrons. The molecule has 1 saturated carbocycles. The highest BCUT2D eigenvalue weighted by Gasteiger charge is 2.35. The van der Waals surface area contributed by atoms with Crippen LogP contribution in [-0.2, 0) is 4.79 Å². The van der Waals surface area contributed by atoms with Gasteiger partial charge >= 0.3 is 5.97 Å². The van der Waals surface area contributed by atoms with Crippen molar-refractivity contribution < 1.29 is 9.90 Å². The van der Waals surface area contributed by atoms with E-state index < -0.39 is 5.97 Å².